The lowest BCUT2D eigenvalue weighted by molar-refractivity contribution is -0.124. The molecule has 6 heteroatoms. The van der Waals surface area contributed by atoms with Crippen LogP contribution < -0.4 is 11.1 Å². The zero-order chi connectivity index (χ0) is 18.6. The molecule has 0 heterocycles. The van der Waals surface area contributed by atoms with E-state index in [1.54, 1.807) is 12.1 Å². The molecule has 0 aliphatic heterocycles. The van der Waals surface area contributed by atoms with Gasteiger partial charge in [-0.3, -0.25) is 4.79 Å². The molecule has 2 rings (SSSR count). The van der Waals surface area contributed by atoms with Crippen LogP contribution in [0.1, 0.15) is 45.1 Å². The van der Waals surface area contributed by atoms with E-state index in [1.807, 2.05) is 13.8 Å². The highest BCUT2D eigenvalue weighted by atomic mass is 35.5. The van der Waals surface area contributed by atoms with Crippen LogP contribution >= 0.6 is 11.6 Å². The van der Waals surface area contributed by atoms with Crippen LogP contribution in [0.2, 0.25) is 5.02 Å². The van der Waals surface area contributed by atoms with Crippen molar-refractivity contribution in [2.24, 2.45) is 17.6 Å². The van der Waals surface area contributed by atoms with Crippen molar-refractivity contribution >= 4 is 23.8 Å². The maximum absolute atomic E-state index is 14.1. The predicted molar refractivity (Wildman–Crippen MR) is 96.9 cm³/mol. The smallest absolute Gasteiger partial charge is 0.237 e. The summed E-state index contributed by atoms with van der Waals surface area (Å²) >= 11 is 5.79. The molecule has 1 atom stereocenters. The first kappa shape index (κ1) is 19.9. The van der Waals surface area contributed by atoms with E-state index in [0.29, 0.717) is 10.6 Å². The number of aldehydes is 1. The summed E-state index contributed by atoms with van der Waals surface area (Å²) in [7, 11) is 0. The lowest BCUT2D eigenvalue weighted by atomic mass is 9.79. The molecule has 1 fully saturated rings. The second-order valence-electron chi connectivity index (χ2n) is 7.56. The first-order chi connectivity index (χ1) is 11.7. The van der Waals surface area contributed by atoms with Gasteiger partial charge in [-0.25, -0.2) is 4.39 Å². The van der Waals surface area contributed by atoms with Gasteiger partial charge in [-0.2, -0.15) is 0 Å². The molecule has 0 bridgehead atoms. The summed E-state index contributed by atoms with van der Waals surface area (Å²) in [5.41, 5.74) is 6.02. The van der Waals surface area contributed by atoms with E-state index in [1.165, 1.54) is 6.07 Å². The van der Waals surface area contributed by atoms with Crippen molar-refractivity contribution in [1.29, 1.82) is 0 Å². The van der Waals surface area contributed by atoms with Gasteiger partial charge in [0, 0.05) is 22.9 Å². The van der Waals surface area contributed by atoms with E-state index in [2.05, 4.69) is 5.32 Å². The van der Waals surface area contributed by atoms with Gasteiger partial charge in [0.25, 0.3) is 0 Å². The Balaban J connectivity index is 1.93. The van der Waals surface area contributed by atoms with Crippen molar-refractivity contribution in [3.63, 3.8) is 0 Å². The largest absolute Gasteiger partial charge is 0.354 e. The number of nitrogens with two attached hydrogens (primary N) is 1. The Morgan fingerprint density at radius 1 is 1.40 bits per heavy atom. The number of rotatable bonds is 6. The molecule has 1 amide bonds. The summed E-state index contributed by atoms with van der Waals surface area (Å²) in [6.07, 6.45) is 4.14. The normalized spacial score (nSPS) is 22.3. The second-order valence-corrected chi connectivity index (χ2v) is 8.00. The zero-order valence-electron chi connectivity index (χ0n) is 14.7. The molecule has 0 spiro atoms. The van der Waals surface area contributed by atoms with Gasteiger partial charge in [0.15, 0.2) is 0 Å². The van der Waals surface area contributed by atoms with Crippen LogP contribution in [-0.2, 0) is 15.0 Å². The molecular weight excluding hydrogens is 343 g/mol. The molecular formula is C19H26ClFN2O2. The number of halogens is 2. The Kier molecular flexibility index (Phi) is 6.58. The summed E-state index contributed by atoms with van der Waals surface area (Å²) < 4.78 is 14.1. The van der Waals surface area contributed by atoms with Crippen LogP contribution in [0.5, 0.6) is 0 Å². The monoisotopic (exact) mass is 368 g/mol. The first-order valence-electron chi connectivity index (χ1n) is 8.68. The molecule has 0 radical (unpaired) electrons. The Labute approximate surface area is 153 Å². The lowest BCUT2D eigenvalue weighted by Crippen LogP contribution is -2.49. The summed E-state index contributed by atoms with van der Waals surface area (Å²) in [6.45, 7) is 4.00. The number of carbonyl (C=O) groups excluding carboxylic acids is 2. The molecule has 1 saturated carbocycles. The summed E-state index contributed by atoms with van der Waals surface area (Å²) in [4.78, 5) is 23.2. The molecule has 138 valence electrons. The van der Waals surface area contributed by atoms with E-state index in [0.717, 1.165) is 32.0 Å². The molecule has 1 aromatic carbocycles. The Morgan fingerprint density at radius 3 is 2.60 bits per heavy atom. The number of hydrogen-bond donors (Lipinski definition) is 2. The van der Waals surface area contributed by atoms with Gasteiger partial charge in [-0.05, 0) is 49.3 Å². The van der Waals surface area contributed by atoms with E-state index < -0.39 is 11.5 Å². The van der Waals surface area contributed by atoms with Crippen molar-refractivity contribution in [3.8, 4) is 0 Å². The zero-order valence-corrected chi connectivity index (χ0v) is 15.5. The van der Waals surface area contributed by atoms with Crippen LogP contribution in [0.3, 0.4) is 0 Å². The van der Waals surface area contributed by atoms with E-state index in [-0.39, 0.29) is 30.1 Å². The SMILES string of the molecule is CC(C)(CNC(=O)C(N)C1CCC(C=O)CC1)c1ccc(Cl)cc1F. The molecule has 1 aliphatic carbocycles. The van der Waals surface area contributed by atoms with Gasteiger partial charge in [-0.1, -0.05) is 31.5 Å². The van der Waals surface area contributed by atoms with Gasteiger partial charge < -0.3 is 15.8 Å². The van der Waals surface area contributed by atoms with Gasteiger partial charge in [-0.15, -0.1) is 0 Å². The maximum Gasteiger partial charge on any atom is 0.237 e. The standard InChI is InChI=1S/C19H26ClFN2O2/c1-19(2,15-8-7-14(20)9-16(15)21)11-23-18(25)17(22)13-5-3-12(10-24)4-6-13/h7-10,12-13,17H,3-6,11,22H2,1-2H3,(H,23,25). The molecule has 3 N–H and O–H groups in total. The van der Waals surface area contributed by atoms with Gasteiger partial charge >= 0.3 is 0 Å². The average molecular weight is 369 g/mol. The van der Waals surface area contributed by atoms with Crippen molar-refractivity contribution in [1.82, 2.24) is 5.32 Å². The number of hydrogen-bond acceptors (Lipinski definition) is 3. The van der Waals surface area contributed by atoms with E-state index in [9.17, 15) is 14.0 Å². The Hall–Kier alpha value is -1.46. The van der Waals surface area contributed by atoms with Crippen molar-refractivity contribution in [2.45, 2.75) is 51.0 Å². The molecule has 4 nitrogen and oxygen atoms in total. The Morgan fingerprint density at radius 2 is 2.04 bits per heavy atom. The fourth-order valence-corrected chi connectivity index (χ4v) is 3.57. The third-order valence-corrected chi connectivity index (χ3v) is 5.42. The minimum Gasteiger partial charge on any atom is -0.354 e. The Bertz CT molecular complexity index is 628. The number of amides is 1. The maximum atomic E-state index is 14.1. The topological polar surface area (TPSA) is 72.2 Å². The second kappa shape index (κ2) is 8.28. The van der Waals surface area contributed by atoms with Crippen LogP contribution in [0.25, 0.3) is 0 Å². The molecule has 25 heavy (non-hydrogen) atoms. The van der Waals surface area contributed by atoms with Gasteiger partial charge in [0.1, 0.15) is 12.1 Å². The third kappa shape index (κ3) is 5.02. The third-order valence-electron chi connectivity index (χ3n) is 5.18. The molecule has 1 aromatic rings. The van der Waals surface area contributed by atoms with E-state index >= 15 is 0 Å². The van der Waals surface area contributed by atoms with Gasteiger partial charge in [0.05, 0.1) is 6.04 Å². The summed E-state index contributed by atoms with van der Waals surface area (Å²) in [5.74, 6) is -0.426. The first-order valence-corrected chi connectivity index (χ1v) is 9.06. The number of carbonyl (C=O) groups is 2. The quantitative estimate of drug-likeness (QED) is 0.757. The fraction of sp³-hybridized carbons (Fsp3) is 0.579. The minimum absolute atomic E-state index is 0.0894. The number of benzene rings is 1. The molecule has 0 aromatic heterocycles. The van der Waals surface area contributed by atoms with Crippen LogP contribution in [0.15, 0.2) is 18.2 Å². The fourth-order valence-electron chi connectivity index (χ4n) is 3.41. The van der Waals surface area contributed by atoms with Crippen molar-refractivity contribution < 1.29 is 14.0 Å². The summed E-state index contributed by atoms with van der Waals surface area (Å²) in [6, 6.07) is 3.96. The van der Waals surface area contributed by atoms with Crippen LogP contribution in [-0.4, -0.2) is 24.8 Å². The summed E-state index contributed by atoms with van der Waals surface area (Å²) in [5, 5.41) is 3.19. The molecule has 0 saturated heterocycles. The highest BCUT2D eigenvalue weighted by Crippen LogP contribution is 2.30. The highest BCUT2D eigenvalue weighted by Gasteiger charge is 2.31. The van der Waals surface area contributed by atoms with Crippen molar-refractivity contribution in [2.75, 3.05) is 6.54 Å². The van der Waals surface area contributed by atoms with Crippen LogP contribution in [0, 0.1) is 17.7 Å². The van der Waals surface area contributed by atoms with Crippen molar-refractivity contribution in [3.05, 3.63) is 34.6 Å². The lowest BCUT2D eigenvalue weighted by Gasteiger charge is -2.31. The minimum atomic E-state index is -0.599. The highest BCUT2D eigenvalue weighted by molar-refractivity contribution is 6.30. The van der Waals surface area contributed by atoms with Crippen LogP contribution in [0.4, 0.5) is 4.39 Å². The van der Waals surface area contributed by atoms with Gasteiger partial charge in [0.2, 0.25) is 5.91 Å². The average Bonchev–Trinajstić information content (AvgIpc) is 2.58. The molecule has 1 aliphatic rings. The predicted octanol–water partition coefficient (Wildman–Crippen LogP) is 3.21. The number of nitrogens with one attached hydrogen (secondary N) is 1. The molecule has 1 unspecified atom stereocenters. The van der Waals surface area contributed by atoms with E-state index in [4.69, 9.17) is 17.3 Å².